The molecular weight excluding hydrogens is 178 g/mol. The van der Waals surface area contributed by atoms with Crippen molar-refractivity contribution in [3.8, 4) is 0 Å². The molecule has 0 amide bonds. The lowest BCUT2D eigenvalue weighted by Gasteiger charge is -2.18. The zero-order chi connectivity index (χ0) is 10.2. The van der Waals surface area contributed by atoms with Gasteiger partial charge < -0.3 is 10.8 Å². The number of hydrogen-bond acceptors (Lipinski definition) is 4. The van der Waals surface area contributed by atoms with E-state index in [1.807, 2.05) is 0 Å². The summed E-state index contributed by atoms with van der Waals surface area (Å²) in [7, 11) is 0. The first-order valence-electron chi connectivity index (χ1n) is 4.76. The third kappa shape index (κ3) is 1.07. The Morgan fingerprint density at radius 3 is 2.79 bits per heavy atom. The summed E-state index contributed by atoms with van der Waals surface area (Å²) in [5.74, 6) is 0. The molecule has 14 heavy (non-hydrogen) atoms. The van der Waals surface area contributed by atoms with Gasteiger partial charge in [-0.15, -0.1) is 0 Å². The molecule has 2 atom stereocenters. The molecule has 0 aliphatic heterocycles. The first kappa shape index (κ1) is 9.55. The second-order valence-electron chi connectivity index (χ2n) is 4.24. The summed E-state index contributed by atoms with van der Waals surface area (Å²) in [5.41, 5.74) is 6.34. The maximum atomic E-state index is 9.33. The van der Waals surface area contributed by atoms with Crippen LogP contribution in [0, 0.1) is 5.41 Å². The van der Waals surface area contributed by atoms with Gasteiger partial charge in [-0.1, -0.05) is 6.92 Å². The summed E-state index contributed by atoms with van der Waals surface area (Å²) >= 11 is 0. The lowest BCUT2D eigenvalue weighted by molar-refractivity contribution is 0.197. The van der Waals surface area contributed by atoms with Gasteiger partial charge in [-0.2, -0.15) is 0 Å². The van der Waals surface area contributed by atoms with E-state index in [0.717, 1.165) is 12.1 Å². The summed E-state index contributed by atoms with van der Waals surface area (Å²) in [6.45, 7) is 2.70. The number of nitrogens with zero attached hydrogens (tertiary/aromatic N) is 2. The summed E-state index contributed by atoms with van der Waals surface area (Å²) in [4.78, 5) is 8.31. The topological polar surface area (TPSA) is 72.0 Å². The lowest BCUT2D eigenvalue weighted by atomic mass is 9.92. The Kier molecular flexibility index (Phi) is 2.05. The molecule has 4 heteroatoms. The highest BCUT2D eigenvalue weighted by atomic mass is 16.3. The van der Waals surface area contributed by atoms with E-state index in [2.05, 4.69) is 16.9 Å². The van der Waals surface area contributed by atoms with Crippen molar-refractivity contribution in [3.63, 3.8) is 0 Å². The Labute approximate surface area is 83.2 Å². The van der Waals surface area contributed by atoms with Gasteiger partial charge >= 0.3 is 0 Å². The molecule has 76 valence electrons. The molecule has 4 nitrogen and oxygen atoms in total. The quantitative estimate of drug-likeness (QED) is 0.713. The fourth-order valence-corrected chi connectivity index (χ4v) is 2.17. The average Bonchev–Trinajstić information content (AvgIpc) is 2.88. The third-order valence-corrected chi connectivity index (χ3v) is 3.56. The Hall–Kier alpha value is -1.00. The first-order chi connectivity index (χ1) is 6.68. The number of hydrogen-bond donors (Lipinski definition) is 2. The summed E-state index contributed by atoms with van der Waals surface area (Å²) in [6.07, 6.45) is 5.98. The molecular formula is C10H15N3O. The monoisotopic (exact) mass is 193 g/mol. The smallest absolute Gasteiger partial charge is 0.0652 e. The number of aliphatic hydroxyl groups excluding tert-OH is 1. The van der Waals surface area contributed by atoms with Crippen LogP contribution in [0.15, 0.2) is 18.6 Å². The van der Waals surface area contributed by atoms with Crippen LogP contribution in [0.2, 0.25) is 0 Å². The fraction of sp³-hybridized carbons (Fsp3) is 0.600. The van der Waals surface area contributed by atoms with Crippen LogP contribution in [-0.4, -0.2) is 28.2 Å². The highest BCUT2D eigenvalue weighted by Gasteiger charge is 2.64. The number of rotatable bonds is 3. The van der Waals surface area contributed by atoms with E-state index in [4.69, 9.17) is 5.73 Å². The summed E-state index contributed by atoms with van der Waals surface area (Å²) < 4.78 is 0. The standard InChI is InChI=1S/C10H15N3O/c1-9(5-10(9,6-11)7-14)8-4-12-2-3-13-8/h2-4,14H,5-7,11H2,1H3. The molecule has 1 aliphatic carbocycles. The van der Waals surface area contributed by atoms with Gasteiger partial charge in [0.2, 0.25) is 0 Å². The number of nitrogens with two attached hydrogens (primary N) is 1. The molecule has 1 heterocycles. The Balaban J connectivity index is 2.30. The Morgan fingerprint density at radius 1 is 1.57 bits per heavy atom. The van der Waals surface area contributed by atoms with Gasteiger partial charge in [0.15, 0.2) is 0 Å². The van der Waals surface area contributed by atoms with Crippen LogP contribution in [0.1, 0.15) is 19.0 Å². The van der Waals surface area contributed by atoms with Crippen molar-refractivity contribution in [1.82, 2.24) is 9.97 Å². The van der Waals surface area contributed by atoms with Crippen LogP contribution in [-0.2, 0) is 5.41 Å². The molecule has 2 rings (SSSR count). The molecule has 0 aromatic carbocycles. The molecule has 0 saturated heterocycles. The van der Waals surface area contributed by atoms with Crippen molar-refractivity contribution in [2.75, 3.05) is 13.2 Å². The average molecular weight is 193 g/mol. The maximum Gasteiger partial charge on any atom is 0.0652 e. The second kappa shape index (κ2) is 3.00. The van der Waals surface area contributed by atoms with Gasteiger partial charge in [0.25, 0.3) is 0 Å². The van der Waals surface area contributed by atoms with Crippen LogP contribution < -0.4 is 5.73 Å². The van der Waals surface area contributed by atoms with Crippen molar-refractivity contribution in [3.05, 3.63) is 24.3 Å². The predicted octanol–water partition coefficient (Wildman–Crippen LogP) is 0.0754. The van der Waals surface area contributed by atoms with Crippen LogP contribution in [0.25, 0.3) is 0 Å². The van der Waals surface area contributed by atoms with Crippen molar-refractivity contribution in [1.29, 1.82) is 0 Å². The van der Waals surface area contributed by atoms with Crippen LogP contribution in [0.5, 0.6) is 0 Å². The summed E-state index contributed by atoms with van der Waals surface area (Å²) in [5, 5.41) is 9.33. The highest BCUT2D eigenvalue weighted by Crippen LogP contribution is 2.62. The molecule has 0 spiro atoms. The van der Waals surface area contributed by atoms with Crippen molar-refractivity contribution in [2.45, 2.75) is 18.8 Å². The summed E-state index contributed by atoms with van der Waals surface area (Å²) in [6, 6.07) is 0. The van der Waals surface area contributed by atoms with E-state index in [9.17, 15) is 5.11 Å². The molecule has 2 unspecified atom stereocenters. The van der Waals surface area contributed by atoms with Crippen molar-refractivity contribution in [2.24, 2.45) is 11.1 Å². The third-order valence-electron chi connectivity index (χ3n) is 3.56. The predicted molar refractivity (Wildman–Crippen MR) is 52.6 cm³/mol. The van der Waals surface area contributed by atoms with E-state index in [1.54, 1.807) is 18.6 Å². The molecule has 1 saturated carbocycles. The molecule has 1 aliphatic rings. The fourth-order valence-electron chi connectivity index (χ4n) is 2.17. The zero-order valence-corrected chi connectivity index (χ0v) is 8.27. The van der Waals surface area contributed by atoms with Gasteiger partial charge in [0.05, 0.1) is 12.3 Å². The van der Waals surface area contributed by atoms with E-state index in [-0.39, 0.29) is 17.4 Å². The molecule has 3 N–H and O–H groups in total. The minimum Gasteiger partial charge on any atom is -0.396 e. The van der Waals surface area contributed by atoms with Crippen LogP contribution >= 0.6 is 0 Å². The zero-order valence-electron chi connectivity index (χ0n) is 8.27. The Bertz CT molecular complexity index is 323. The van der Waals surface area contributed by atoms with Gasteiger partial charge in [0.1, 0.15) is 0 Å². The largest absolute Gasteiger partial charge is 0.396 e. The SMILES string of the molecule is CC1(c2cnccn2)CC1(CN)CO. The van der Waals surface area contributed by atoms with Crippen molar-refractivity contribution < 1.29 is 5.11 Å². The van der Waals surface area contributed by atoms with Crippen LogP contribution in [0.3, 0.4) is 0 Å². The van der Waals surface area contributed by atoms with Crippen LogP contribution in [0.4, 0.5) is 0 Å². The minimum atomic E-state index is -0.178. The van der Waals surface area contributed by atoms with E-state index >= 15 is 0 Å². The highest BCUT2D eigenvalue weighted by molar-refractivity contribution is 5.31. The number of aromatic nitrogens is 2. The first-order valence-corrected chi connectivity index (χ1v) is 4.76. The molecule has 1 aromatic heterocycles. The van der Waals surface area contributed by atoms with Gasteiger partial charge in [-0.05, 0) is 6.42 Å². The lowest BCUT2D eigenvalue weighted by Crippen LogP contribution is -2.28. The normalized spacial score (nSPS) is 35.6. The molecule has 1 aromatic rings. The number of aliphatic hydroxyl groups is 1. The van der Waals surface area contributed by atoms with Gasteiger partial charge in [0, 0.05) is 36.0 Å². The van der Waals surface area contributed by atoms with Gasteiger partial charge in [-0.3, -0.25) is 9.97 Å². The van der Waals surface area contributed by atoms with E-state index < -0.39 is 0 Å². The van der Waals surface area contributed by atoms with E-state index in [1.165, 1.54) is 0 Å². The molecule has 0 bridgehead atoms. The Morgan fingerprint density at radius 2 is 2.36 bits per heavy atom. The maximum absolute atomic E-state index is 9.33. The van der Waals surface area contributed by atoms with Crippen molar-refractivity contribution >= 4 is 0 Å². The van der Waals surface area contributed by atoms with Gasteiger partial charge in [-0.25, -0.2) is 0 Å². The molecule has 1 fully saturated rings. The minimum absolute atomic E-state index is 0.0925. The van der Waals surface area contributed by atoms with E-state index in [0.29, 0.717) is 6.54 Å². The second-order valence-corrected chi connectivity index (χ2v) is 4.24. The molecule has 0 radical (unpaired) electrons.